The monoisotopic (exact) mass is 652 g/mol. The van der Waals surface area contributed by atoms with Crippen LogP contribution in [-0.4, -0.2) is 55.9 Å². The van der Waals surface area contributed by atoms with Gasteiger partial charge in [-0.1, -0.05) is 58.5 Å². The van der Waals surface area contributed by atoms with E-state index in [0.717, 1.165) is 11.8 Å². The summed E-state index contributed by atoms with van der Waals surface area (Å²) in [6.07, 6.45) is -0.0980. The molecule has 2 rings (SSSR count). The third-order valence-electron chi connectivity index (χ3n) is 4.18. The van der Waals surface area contributed by atoms with Crippen LogP contribution in [0.5, 0.6) is 0 Å². The van der Waals surface area contributed by atoms with Gasteiger partial charge in [-0.3, -0.25) is 4.79 Å². The van der Waals surface area contributed by atoms with Crippen LogP contribution in [0.15, 0.2) is 36.4 Å². The smallest absolute Gasteiger partial charge is 0.407 e. The summed E-state index contributed by atoms with van der Waals surface area (Å²) in [6, 6.07) is 10.2. The third-order valence-corrected chi connectivity index (χ3v) is 5.65. The molecular formula is C28H40Cl4N4O5. The highest BCUT2D eigenvalue weighted by atomic mass is 35.5. The Bertz CT molecular complexity index is 1110. The number of carbonyl (C=O) groups excluding carboxylic acids is 3. The van der Waals surface area contributed by atoms with Crippen molar-refractivity contribution in [2.75, 3.05) is 26.2 Å². The second kappa shape index (κ2) is 19.8. The molecule has 0 atom stereocenters. The lowest BCUT2D eigenvalue weighted by Crippen LogP contribution is -2.36. The lowest BCUT2D eigenvalue weighted by atomic mass is 10.2. The molecule has 0 aliphatic rings. The fourth-order valence-electron chi connectivity index (χ4n) is 2.52. The predicted octanol–water partition coefficient (Wildman–Crippen LogP) is 6.88. The highest BCUT2D eigenvalue weighted by Crippen LogP contribution is 2.22. The first kappa shape index (κ1) is 38.7. The van der Waals surface area contributed by atoms with Crippen molar-refractivity contribution < 1.29 is 23.9 Å². The Balaban J connectivity index is 0.000000643. The van der Waals surface area contributed by atoms with Crippen LogP contribution < -0.4 is 21.7 Å². The Morgan fingerprint density at radius 2 is 1.24 bits per heavy atom. The van der Waals surface area contributed by atoms with Crippen molar-refractivity contribution in [2.45, 2.75) is 59.3 Å². The SMILES string of the molecule is CC(C)(C)OC(=O)NCCN.CC(C)(C)OC(=O)NCCNCc1ccc(Cl)c(Cl)c1.O=Cc1ccc(Cl)c(Cl)c1. The zero-order chi connectivity index (χ0) is 31.6. The summed E-state index contributed by atoms with van der Waals surface area (Å²) in [5.41, 5.74) is 5.84. The molecule has 2 amide bonds. The van der Waals surface area contributed by atoms with Crippen LogP contribution in [-0.2, 0) is 16.0 Å². The molecule has 0 bridgehead atoms. The molecule has 9 nitrogen and oxygen atoms in total. The number of halogens is 4. The van der Waals surface area contributed by atoms with E-state index in [1.807, 2.05) is 53.7 Å². The molecule has 0 aromatic heterocycles. The summed E-state index contributed by atoms with van der Waals surface area (Å²) in [4.78, 5) is 32.4. The van der Waals surface area contributed by atoms with Gasteiger partial charge in [0.05, 0.1) is 20.1 Å². The molecule has 0 aliphatic heterocycles. The Kier molecular flexibility index (Phi) is 18.7. The lowest BCUT2D eigenvalue weighted by molar-refractivity contribution is 0.0517. The maximum absolute atomic E-state index is 11.4. The van der Waals surface area contributed by atoms with Crippen molar-refractivity contribution in [1.29, 1.82) is 0 Å². The predicted molar refractivity (Wildman–Crippen MR) is 168 cm³/mol. The van der Waals surface area contributed by atoms with Crippen LogP contribution in [0, 0.1) is 0 Å². The normalized spacial score (nSPS) is 10.7. The van der Waals surface area contributed by atoms with Crippen molar-refractivity contribution in [3.63, 3.8) is 0 Å². The first-order valence-electron chi connectivity index (χ1n) is 12.7. The van der Waals surface area contributed by atoms with Gasteiger partial charge in [-0.2, -0.15) is 0 Å². The van der Waals surface area contributed by atoms with Crippen molar-refractivity contribution in [1.82, 2.24) is 16.0 Å². The number of rotatable bonds is 8. The Morgan fingerprint density at radius 1 is 0.756 bits per heavy atom. The van der Waals surface area contributed by atoms with Gasteiger partial charge in [0.25, 0.3) is 0 Å². The van der Waals surface area contributed by atoms with Crippen molar-refractivity contribution in [3.8, 4) is 0 Å². The second-order valence-electron chi connectivity index (χ2n) is 10.4. The van der Waals surface area contributed by atoms with E-state index in [1.165, 1.54) is 6.07 Å². The van der Waals surface area contributed by atoms with Gasteiger partial charge in [0.15, 0.2) is 0 Å². The van der Waals surface area contributed by atoms with Gasteiger partial charge >= 0.3 is 12.2 Å². The molecule has 2 aromatic carbocycles. The van der Waals surface area contributed by atoms with Crippen molar-refractivity contribution in [2.24, 2.45) is 5.73 Å². The summed E-state index contributed by atoms with van der Waals surface area (Å²) < 4.78 is 10.1. The molecule has 2 aromatic rings. The number of hydrogen-bond acceptors (Lipinski definition) is 7. The number of amides is 2. The quantitative estimate of drug-likeness (QED) is 0.180. The van der Waals surface area contributed by atoms with E-state index in [4.69, 9.17) is 61.6 Å². The Morgan fingerprint density at radius 3 is 1.68 bits per heavy atom. The van der Waals surface area contributed by atoms with Crippen LogP contribution in [0.1, 0.15) is 57.5 Å². The van der Waals surface area contributed by atoms with Gasteiger partial charge in [-0.15, -0.1) is 0 Å². The molecule has 13 heteroatoms. The van der Waals surface area contributed by atoms with Crippen LogP contribution in [0.3, 0.4) is 0 Å². The summed E-state index contributed by atoms with van der Waals surface area (Å²) in [5, 5.41) is 10.3. The zero-order valence-corrected chi connectivity index (χ0v) is 27.2. The first-order valence-corrected chi connectivity index (χ1v) is 14.2. The molecule has 0 unspecified atom stereocenters. The highest BCUT2D eigenvalue weighted by molar-refractivity contribution is 6.42. The number of alkyl carbamates (subject to hydrolysis) is 2. The Labute approximate surface area is 262 Å². The molecule has 0 saturated carbocycles. The number of benzene rings is 2. The molecule has 0 spiro atoms. The largest absolute Gasteiger partial charge is 0.444 e. The molecule has 0 heterocycles. The fourth-order valence-corrected chi connectivity index (χ4v) is 3.15. The lowest BCUT2D eigenvalue weighted by Gasteiger charge is -2.19. The number of nitrogens with one attached hydrogen (secondary N) is 3. The molecule has 0 saturated heterocycles. The average Bonchev–Trinajstić information content (AvgIpc) is 2.85. The number of carbonyl (C=O) groups is 3. The molecule has 41 heavy (non-hydrogen) atoms. The van der Waals surface area contributed by atoms with E-state index in [2.05, 4.69) is 16.0 Å². The molecule has 0 aliphatic carbocycles. The van der Waals surface area contributed by atoms with Crippen molar-refractivity contribution in [3.05, 3.63) is 67.6 Å². The number of aldehydes is 1. The number of hydrogen-bond donors (Lipinski definition) is 4. The van der Waals surface area contributed by atoms with Gasteiger partial charge < -0.3 is 31.2 Å². The topological polar surface area (TPSA) is 132 Å². The standard InChI is InChI=1S/C14H20Cl2N2O2.C7H4Cl2O.C7H16N2O2/c1-14(2,3)20-13(19)18-7-6-17-9-10-4-5-11(15)12(16)8-10;8-6-2-1-5(4-10)3-7(6)9;1-7(2,3)11-6(10)9-5-4-8/h4-5,8,17H,6-7,9H2,1-3H3,(H,18,19);1-4H;4-5,8H2,1-3H3,(H,9,10). The molecule has 230 valence electrons. The van der Waals surface area contributed by atoms with Crippen molar-refractivity contribution >= 4 is 64.9 Å². The van der Waals surface area contributed by atoms with Crippen LogP contribution in [0.25, 0.3) is 0 Å². The van der Waals surface area contributed by atoms with Gasteiger partial charge in [-0.05, 0) is 71.4 Å². The van der Waals surface area contributed by atoms with E-state index >= 15 is 0 Å². The molecular weight excluding hydrogens is 614 g/mol. The Hall–Kier alpha value is -2.27. The first-order chi connectivity index (χ1) is 19.0. The third kappa shape index (κ3) is 21.1. The summed E-state index contributed by atoms with van der Waals surface area (Å²) >= 11 is 23.0. The number of ether oxygens (including phenoxy) is 2. The number of nitrogens with two attached hydrogens (primary N) is 1. The highest BCUT2D eigenvalue weighted by Gasteiger charge is 2.16. The maximum Gasteiger partial charge on any atom is 0.407 e. The van der Waals surface area contributed by atoms with Gasteiger partial charge in [-0.25, -0.2) is 9.59 Å². The van der Waals surface area contributed by atoms with E-state index in [-0.39, 0.29) is 0 Å². The van der Waals surface area contributed by atoms with E-state index < -0.39 is 23.4 Å². The minimum absolute atomic E-state index is 0.408. The summed E-state index contributed by atoms with van der Waals surface area (Å²) in [6.45, 7) is 13.6. The van der Waals surface area contributed by atoms with Gasteiger partial charge in [0.2, 0.25) is 0 Å². The summed E-state index contributed by atoms with van der Waals surface area (Å²) in [5.74, 6) is 0. The van der Waals surface area contributed by atoms with E-state index in [1.54, 1.807) is 18.2 Å². The minimum Gasteiger partial charge on any atom is -0.444 e. The molecule has 0 fully saturated rings. The average molecular weight is 654 g/mol. The van der Waals surface area contributed by atoms with Gasteiger partial charge in [0, 0.05) is 38.3 Å². The second-order valence-corrected chi connectivity index (χ2v) is 12.0. The zero-order valence-electron chi connectivity index (χ0n) is 24.2. The van der Waals surface area contributed by atoms with Crippen LogP contribution in [0.2, 0.25) is 20.1 Å². The van der Waals surface area contributed by atoms with Crippen LogP contribution in [0.4, 0.5) is 9.59 Å². The fraction of sp³-hybridized carbons (Fsp3) is 0.464. The molecule has 0 radical (unpaired) electrons. The van der Waals surface area contributed by atoms with Crippen LogP contribution >= 0.6 is 46.4 Å². The summed E-state index contributed by atoms with van der Waals surface area (Å²) in [7, 11) is 0. The maximum atomic E-state index is 11.4. The van der Waals surface area contributed by atoms with Gasteiger partial charge in [0.1, 0.15) is 17.5 Å². The van der Waals surface area contributed by atoms with E-state index in [0.29, 0.717) is 58.4 Å². The minimum atomic E-state index is -0.475. The van der Waals surface area contributed by atoms with E-state index in [9.17, 15) is 14.4 Å². The molecule has 5 N–H and O–H groups in total.